The Morgan fingerprint density at radius 2 is 1.96 bits per heavy atom. The van der Waals surface area contributed by atoms with E-state index in [0.29, 0.717) is 37.2 Å². The number of H-pyrrole nitrogens is 1. The monoisotopic (exact) mass is 399 g/mol. The maximum atomic E-state index is 12.5. The molecule has 3 rings (SSSR count). The highest BCUT2D eigenvalue weighted by Crippen LogP contribution is 2.25. The van der Waals surface area contributed by atoms with Crippen molar-refractivity contribution < 1.29 is 9.53 Å². The Hall–Kier alpha value is -2.67. The number of hydrogen-bond donors (Lipinski definition) is 1. The van der Waals surface area contributed by atoms with E-state index in [1.54, 1.807) is 11.9 Å². The van der Waals surface area contributed by atoms with E-state index >= 15 is 0 Å². The van der Waals surface area contributed by atoms with Gasteiger partial charge in [-0.3, -0.25) is 9.59 Å². The van der Waals surface area contributed by atoms with Gasteiger partial charge in [0.2, 0.25) is 5.91 Å². The molecule has 2 aromatic heterocycles. The van der Waals surface area contributed by atoms with Gasteiger partial charge in [0.15, 0.2) is 0 Å². The van der Waals surface area contributed by atoms with Gasteiger partial charge in [0, 0.05) is 31.3 Å². The normalized spacial score (nSPS) is 11.0. The van der Waals surface area contributed by atoms with Crippen molar-refractivity contribution in [3.63, 3.8) is 0 Å². The average molecular weight is 400 g/mol. The number of ether oxygens (including phenoxy) is 1. The van der Waals surface area contributed by atoms with Crippen LogP contribution in [0.4, 0.5) is 0 Å². The number of nitrogens with zero attached hydrogens (tertiary/aromatic N) is 2. The molecular formula is C21H25N3O3S. The van der Waals surface area contributed by atoms with Gasteiger partial charge in [0.1, 0.15) is 16.4 Å². The van der Waals surface area contributed by atoms with E-state index in [1.807, 2.05) is 45.0 Å². The largest absolute Gasteiger partial charge is 0.494 e. The van der Waals surface area contributed by atoms with E-state index in [1.165, 1.54) is 11.3 Å². The van der Waals surface area contributed by atoms with Gasteiger partial charge in [0.05, 0.1) is 12.0 Å². The number of thiophene rings is 1. The highest BCUT2D eigenvalue weighted by atomic mass is 32.1. The van der Waals surface area contributed by atoms with Crippen molar-refractivity contribution in [1.29, 1.82) is 0 Å². The number of aromatic nitrogens is 2. The first-order valence-corrected chi connectivity index (χ1v) is 10.1. The van der Waals surface area contributed by atoms with Crippen LogP contribution in [0.5, 0.6) is 5.75 Å². The van der Waals surface area contributed by atoms with Crippen molar-refractivity contribution in [3.05, 3.63) is 56.4 Å². The summed E-state index contributed by atoms with van der Waals surface area (Å²) < 4.78 is 5.43. The van der Waals surface area contributed by atoms with Crippen LogP contribution in [0.2, 0.25) is 0 Å². The van der Waals surface area contributed by atoms with E-state index in [0.717, 1.165) is 26.6 Å². The molecule has 0 saturated carbocycles. The lowest BCUT2D eigenvalue weighted by atomic mass is 10.2. The molecule has 0 atom stereocenters. The number of aryl methyl sites for hydroxylation is 3. The number of nitrogens with one attached hydrogen (secondary N) is 1. The molecule has 0 bridgehead atoms. The van der Waals surface area contributed by atoms with Crippen LogP contribution < -0.4 is 10.3 Å². The van der Waals surface area contributed by atoms with Gasteiger partial charge in [0.25, 0.3) is 5.56 Å². The Morgan fingerprint density at radius 3 is 2.64 bits per heavy atom. The van der Waals surface area contributed by atoms with Crippen LogP contribution in [-0.2, 0) is 17.8 Å². The van der Waals surface area contributed by atoms with Gasteiger partial charge in [-0.15, -0.1) is 11.3 Å². The first-order chi connectivity index (χ1) is 13.4. The second-order valence-corrected chi connectivity index (χ2v) is 8.01. The number of amides is 1. The lowest BCUT2D eigenvalue weighted by Gasteiger charge is -2.17. The SMILES string of the molecule is CCOc1ccc(CN(C)C(=O)CCc2nc3sc(C)c(C)c3c(=O)[nH]2)cc1. The molecule has 0 aliphatic rings. The van der Waals surface area contributed by atoms with Crippen molar-refractivity contribution in [3.8, 4) is 5.75 Å². The topological polar surface area (TPSA) is 75.3 Å². The number of rotatable bonds is 7. The smallest absolute Gasteiger partial charge is 0.259 e. The third kappa shape index (κ3) is 4.42. The van der Waals surface area contributed by atoms with Crippen molar-refractivity contribution in [2.75, 3.05) is 13.7 Å². The highest BCUT2D eigenvalue weighted by Gasteiger charge is 2.14. The fourth-order valence-corrected chi connectivity index (χ4v) is 4.10. The van der Waals surface area contributed by atoms with Gasteiger partial charge in [-0.1, -0.05) is 12.1 Å². The standard InChI is InChI=1S/C21H25N3O3S/c1-5-27-16-8-6-15(7-9-16)12-24(4)18(25)11-10-17-22-20(26)19-13(2)14(3)28-21(19)23-17/h6-9H,5,10-12H2,1-4H3,(H,22,23,26). The number of carbonyl (C=O) groups is 1. The molecule has 0 unspecified atom stereocenters. The summed E-state index contributed by atoms with van der Waals surface area (Å²) in [5, 5.41) is 0.658. The summed E-state index contributed by atoms with van der Waals surface area (Å²) in [7, 11) is 1.78. The summed E-state index contributed by atoms with van der Waals surface area (Å²) >= 11 is 1.52. The summed E-state index contributed by atoms with van der Waals surface area (Å²) in [6.07, 6.45) is 0.707. The zero-order valence-electron chi connectivity index (χ0n) is 16.7. The zero-order valence-corrected chi connectivity index (χ0v) is 17.5. The Bertz CT molecular complexity index is 1040. The van der Waals surface area contributed by atoms with Crippen molar-refractivity contribution in [1.82, 2.24) is 14.9 Å². The van der Waals surface area contributed by atoms with Gasteiger partial charge in [-0.05, 0) is 44.0 Å². The lowest BCUT2D eigenvalue weighted by Crippen LogP contribution is -2.26. The van der Waals surface area contributed by atoms with E-state index < -0.39 is 0 Å². The first kappa shape index (κ1) is 20.1. The molecule has 2 heterocycles. The van der Waals surface area contributed by atoms with Gasteiger partial charge < -0.3 is 14.6 Å². The summed E-state index contributed by atoms with van der Waals surface area (Å²) in [6.45, 7) is 7.02. The Labute approximate surface area is 168 Å². The molecule has 0 spiro atoms. The average Bonchev–Trinajstić information content (AvgIpc) is 2.95. The molecule has 0 aliphatic heterocycles. The third-order valence-corrected chi connectivity index (χ3v) is 5.84. The molecule has 0 fully saturated rings. The first-order valence-electron chi connectivity index (χ1n) is 9.33. The van der Waals surface area contributed by atoms with Crippen LogP contribution in [0.1, 0.15) is 35.2 Å². The zero-order chi connectivity index (χ0) is 20.3. The Balaban J connectivity index is 1.61. The van der Waals surface area contributed by atoms with Crippen LogP contribution in [0.15, 0.2) is 29.1 Å². The Morgan fingerprint density at radius 1 is 1.25 bits per heavy atom. The van der Waals surface area contributed by atoms with Gasteiger partial charge in [-0.25, -0.2) is 4.98 Å². The van der Waals surface area contributed by atoms with Crippen LogP contribution in [0, 0.1) is 13.8 Å². The molecule has 3 aromatic rings. The number of hydrogen-bond acceptors (Lipinski definition) is 5. The summed E-state index contributed by atoms with van der Waals surface area (Å²) in [5.74, 6) is 1.39. The molecule has 0 radical (unpaired) electrons. The van der Waals surface area contributed by atoms with Crippen molar-refractivity contribution >= 4 is 27.5 Å². The van der Waals surface area contributed by atoms with E-state index in [9.17, 15) is 9.59 Å². The lowest BCUT2D eigenvalue weighted by molar-refractivity contribution is -0.130. The van der Waals surface area contributed by atoms with Gasteiger partial charge >= 0.3 is 0 Å². The maximum Gasteiger partial charge on any atom is 0.259 e. The number of benzene rings is 1. The number of carbonyl (C=O) groups excluding carboxylic acids is 1. The quantitative estimate of drug-likeness (QED) is 0.659. The van der Waals surface area contributed by atoms with Crippen LogP contribution in [-0.4, -0.2) is 34.4 Å². The molecule has 1 N–H and O–H groups in total. The molecule has 6 nitrogen and oxygen atoms in total. The maximum absolute atomic E-state index is 12.5. The minimum atomic E-state index is -0.128. The minimum Gasteiger partial charge on any atom is -0.494 e. The molecule has 7 heteroatoms. The number of aromatic amines is 1. The molecule has 0 aliphatic carbocycles. The molecular weight excluding hydrogens is 374 g/mol. The summed E-state index contributed by atoms with van der Waals surface area (Å²) in [6, 6.07) is 7.74. The second kappa shape index (κ2) is 8.56. The van der Waals surface area contributed by atoms with Crippen molar-refractivity contribution in [2.45, 2.75) is 40.2 Å². The Kier molecular flexibility index (Phi) is 6.14. The summed E-state index contributed by atoms with van der Waals surface area (Å²) in [5.41, 5.74) is 1.89. The van der Waals surface area contributed by atoms with E-state index in [2.05, 4.69) is 9.97 Å². The highest BCUT2D eigenvalue weighted by molar-refractivity contribution is 7.18. The number of fused-ring (bicyclic) bond motifs is 1. The fraction of sp³-hybridized carbons (Fsp3) is 0.381. The molecule has 0 saturated heterocycles. The molecule has 1 aromatic carbocycles. The van der Waals surface area contributed by atoms with E-state index in [-0.39, 0.29) is 11.5 Å². The predicted octanol–water partition coefficient (Wildman–Crippen LogP) is 3.59. The minimum absolute atomic E-state index is 0.00942. The summed E-state index contributed by atoms with van der Waals surface area (Å²) in [4.78, 5) is 35.7. The van der Waals surface area contributed by atoms with Crippen LogP contribution in [0.25, 0.3) is 10.2 Å². The predicted molar refractivity (Wildman–Crippen MR) is 112 cm³/mol. The van der Waals surface area contributed by atoms with Crippen LogP contribution in [0.3, 0.4) is 0 Å². The van der Waals surface area contributed by atoms with E-state index in [4.69, 9.17) is 4.74 Å². The van der Waals surface area contributed by atoms with Crippen LogP contribution >= 0.6 is 11.3 Å². The molecule has 28 heavy (non-hydrogen) atoms. The second-order valence-electron chi connectivity index (χ2n) is 6.80. The van der Waals surface area contributed by atoms with Crippen molar-refractivity contribution in [2.24, 2.45) is 0 Å². The molecule has 148 valence electrons. The molecule has 1 amide bonds. The fourth-order valence-electron chi connectivity index (χ4n) is 3.05. The third-order valence-electron chi connectivity index (χ3n) is 4.74. The van der Waals surface area contributed by atoms with Gasteiger partial charge in [-0.2, -0.15) is 0 Å².